The first-order valence-corrected chi connectivity index (χ1v) is 13.4. The van der Waals surface area contributed by atoms with Crippen LogP contribution in [0.1, 0.15) is 46.5 Å². The molecule has 0 bridgehead atoms. The highest BCUT2D eigenvalue weighted by molar-refractivity contribution is 6.32. The minimum atomic E-state index is -2.78. The third-order valence-corrected chi connectivity index (χ3v) is 9.29. The summed E-state index contributed by atoms with van der Waals surface area (Å²) in [4.78, 5) is 83.3. The third-order valence-electron chi connectivity index (χ3n) is 9.29. The van der Waals surface area contributed by atoms with Gasteiger partial charge in [0.2, 0.25) is 5.91 Å². The van der Waals surface area contributed by atoms with Crippen LogP contribution in [0, 0.1) is 23.7 Å². The van der Waals surface area contributed by atoms with Crippen LogP contribution in [0.25, 0.3) is 0 Å². The number of carbonyl (C=O) groups excluding carboxylic acids is 6. The molecule has 0 saturated heterocycles. The van der Waals surface area contributed by atoms with Gasteiger partial charge in [-0.2, -0.15) is 0 Å². The van der Waals surface area contributed by atoms with E-state index in [9.17, 15) is 39.0 Å². The number of fused-ring (bicyclic) bond motifs is 3. The number of benzene rings is 1. The molecule has 1 aromatic rings. The fourth-order valence-electron chi connectivity index (χ4n) is 7.32. The van der Waals surface area contributed by atoms with Gasteiger partial charge in [0, 0.05) is 23.6 Å². The highest BCUT2D eigenvalue weighted by Gasteiger charge is 2.69. The van der Waals surface area contributed by atoms with Gasteiger partial charge in [0.1, 0.15) is 5.75 Å². The number of carbonyl (C=O) groups is 6. The molecule has 0 aromatic heterocycles. The Labute approximate surface area is 231 Å². The molecule has 4 N–H and O–H groups in total. The predicted molar refractivity (Wildman–Crippen MR) is 140 cm³/mol. The lowest BCUT2D eigenvalue weighted by atomic mass is 9.52. The summed E-state index contributed by atoms with van der Waals surface area (Å²) in [6.45, 7) is 4.02. The van der Waals surface area contributed by atoms with Crippen LogP contribution in [0.5, 0.6) is 5.75 Å². The lowest BCUT2D eigenvalue weighted by Crippen LogP contribution is -2.74. The maximum Gasteiger partial charge on any atom is 0.235 e. The van der Waals surface area contributed by atoms with Crippen LogP contribution in [0.3, 0.4) is 0 Å². The second-order valence-corrected chi connectivity index (χ2v) is 11.7. The number of primary amides is 1. The first kappa shape index (κ1) is 28.0. The van der Waals surface area contributed by atoms with Gasteiger partial charge >= 0.3 is 0 Å². The molecule has 4 aliphatic rings. The summed E-state index contributed by atoms with van der Waals surface area (Å²) in [7, 11) is 3.05. The van der Waals surface area contributed by atoms with Gasteiger partial charge in [-0.15, -0.1) is 0 Å². The largest absolute Gasteiger partial charge is 0.507 e. The summed E-state index contributed by atoms with van der Waals surface area (Å²) in [5.74, 6) is -11.5. The van der Waals surface area contributed by atoms with Crippen LogP contribution in [0.4, 0.5) is 0 Å². The van der Waals surface area contributed by atoms with Crippen molar-refractivity contribution in [1.29, 1.82) is 0 Å². The molecular weight excluding hydrogens is 518 g/mol. The maximum absolute atomic E-state index is 13.9. The Kier molecular flexibility index (Phi) is 6.67. The van der Waals surface area contributed by atoms with Gasteiger partial charge in [0.05, 0.1) is 24.1 Å². The van der Waals surface area contributed by atoms with Gasteiger partial charge < -0.3 is 15.9 Å². The number of likely N-dealkylation sites (N-methyl/N-ethyl adjacent to an activating group) is 1. The second kappa shape index (κ2) is 9.53. The van der Waals surface area contributed by atoms with Crippen LogP contribution in [-0.2, 0) is 25.6 Å². The van der Waals surface area contributed by atoms with Gasteiger partial charge in [0.15, 0.2) is 40.4 Å². The standard InChI is InChI=1S/C29H33N3O8/c1-12-5-6-13(2)32(12)11-19(34)15-7-8-18(33)21-16(15)9-14-10-17-23(31(3)4)25(36)22(28(30)39)27(38)29(17,40)26(37)20(14)24(21)35/h5-8,12-14,17,20,22-23,33,40H,9-11H2,1-4H3,(H2,30,39)/t12?,13?,14-,17-,20?,22?,23+,29-/m0/s1. The Hall–Kier alpha value is -3.54. The molecule has 1 amide bonds. The molecule has 3 aliphatic carbocycles. The Bertz CT molecular complexity index is 1390. The van der Waals surface area contributed by atoms with E-state index in [0.29, 0.717) is 5.56 Å². The Morgan fingerprint density at radius 3 is 2.27 bits per heavy atom. The number of phenols is 1. The fraction of sp³-hybridized carbons (Fsp3) is 0.517. The summed E-state index contributed by atoms with van der Waals surface area (Å²) in [6.07, 6.45) is 3.98. The van der Waals surface area contributed by atoms with Crippen LogP contribution in [0.2, 0.25) is 0 Å². The van der Waals surface area contributed by atoms with Crippen molar-refractivity contribution in [3.8, 4) is 5.75 Å². The van der Waals surface area contributed by atoms with E-state index < -0.39 is 70.1 Å². The zero-order valence-corrected chi connectivity index (χ0v) is 22.8. The zero-order valence-electron chi connectivity index (χ0n) is 22.8. The maximum atomic E-state index is 13.9. The molecule has 212 valence electrons. The number of ketones is 5. The summed E-state index contributed by atoms with van der Waals surface area (Å²) in [6, 6.07) is 1.61. The highest BCUT2D eigenvalue weighted by atomic mass is 16.3. The first-order valence-electron chi connectivity index (χ1n) is 13.4. The minimum Gasteiger partial charge on any atom is -0.507 e. The van der Waals surface area contributed by atoms with Crippen LogP contribution >= 0.6 is 0 Å². The molecule has 8 atom stereocenters. The van der Waals surface area contributed by atoms with Crippen LogP contribution in [0.15, 0.2) is 24.3 Å². The van der Waals surface area contributed by atoms with Crippen molar-refractivity contribution < 1.29 is 39.0 Å². The normalized spacial score (nSPS) is 35.5. The number of nitrogens with zero attached hydrogens (tertiary/aromatic N) is 2. The SMILES string of the molecule is CC1C=CC(C)N1CC(=O)c1ccc(O)c2c1C[C@H]1C[C@H]3[C@@H](N(C)C)C(=O)C(C(N)=O)C(=O)[C@@]3(O)C(=O)C1C2=O. The number of hydrogen-bond donors (Lipinski definition) is 3. The quantitative estimate of drug-likeness (QED) is 0.250. The van der Waals surface area contributed by atoms with E-state index >= 15 is 0 Å². The lowest BCUT2D eigenvalue weighted by molar-refractivity contribution is -0.181. The van der Waals surface area contributed by atoms with Gasteiger partial charge in [0.25, 0.3) is 0 Å². The van der Waals surface area contributed by atoms with Crippen molar-refractivity contribution in [1.82, 2.24) is 9.80 Å². The summed E-state index contributed by atoms with van der Waals surface area (Å²) in [5, 5.41) is 22.3. The molecule has 11 heteroatoms. The smallest absolute Gasteiger partial charge is 0.235 e. The molecule has 1 heterocycles. The van der Waals surface area contributed by atoms with Crippen LogP contribution in [-0.4, -0.2) is 99.2 Å². The summed E-state index contributed by atoms with van der Waals surface area (Å²) in [5.41, 5.74) is 2.94. The number of phenolic OH excluding ortho intramolecular Hbond substituents is 1. The molecule has 1 aliphatic heterocycles. The Balaban J connectivity index is 1.57. The third kappa shape index (κ3) is 3.82. The second-order valence-electron chi connectivity index (χ2n) is 11.7. The zero-order chi connectivity index (χ0) is 29.4. The molecule has 5 rings (SSSR count). The molecule has 2 saturated carbocycles. The number of amides is 1. The van der Waals surface area contributed by atoms with Crippen LogP contribution < -0.4 is 5.73 Å². The number of rotatable bonds is 5. The van der Waals surface area contributed by atoms with Crippen molar-refractivity contribution >= 4 is 34.8 Å². The van der Waals surface area contributed by atoms with Crippen molar-refractivity contribution in [2.24, 2.45) is 29.4 Å². The fourth-order valence-corrected chi connectivity index (χ4v) is 7.32. The average Bonchev–Trinajstić information content (AvgIpc) is 3.18. The topological polar surface area (TPSA) is 175 Å². The minimum absolute atomic E-state index is 0.0418. The number of Topliss-reactive ketones (excluding diaryl/α,β-unsaturated/α-hetero) is 5. The van der Waals surface area contributed by atoms with Gasteiger partial charge in [-0.3, -0.25) is 38.6 Å². The summed E-state index contributed by atoms with van der Waals surface area (Å²) < 4.78 is 0. The molecule has 0 spiro atoms. The van der Waals surface area contributed by atoms with Gasteiger partial charge in [-0.05, 0) is 64.4 Å². The number of aliphatic hydroxyl groups is 1. The van der Waals surface area contributed by atoms with Crippen molar-refractivity contribution in [2.75, 3.05) is 20.6 Å². The average molecular weight is 552 g/mol. The van der Waals surface area contributed by atoms with E-state index in [-0.39, 0.29) is 48.4 Å². The van der Waals surface area contributed by atoms with E-state index in [1.165, 1.54) is 31.1 Å². The first-order chi connectivity index (χ1) is 18.7. The van der Waals surface area contributed by atoms with E-state index in [1.807, 2.05) is 30.9 Å². The van der Waals surface area contributed by atoms with Gasteiger partial charge in [-0.1, -0.05) is 12.2 Å². The molecule has 40 heavy (non-hydrogen) atoms. The Morgan fingerprint density at radius 2 is 1.70 bits per heavy atom. The van der Waals surface area contributed by atoms with Crippen molar-refractivity contribution in [3.05, 3.63) is 41.0 Å². The molecule has 4 unspecified atom stereocenters. The highest BCUT2D eigenvalue weighted by Crippen LogP contribution is 2.51. The molecule has 2 fully saturated rings. The molecular formula is C29H33N3O8. The number of nitrogens with two attached hydrogens (primary N) is 1. The Morgan fingerprint density at radius 1 is 1.07 bits per heavy atom. The number of hydrogen-bond acceptors (Lipinski definition) is 10. The van der Waals surface area contributed by atoms with Crippen molar-refractivity contribution in [2.45, 2.75) is 50.4 Å². The van der Waals surface area contributed by atoms with E-state index in [2.05, 4.69) is 0 Å². The van der Waals surface area contributed by atoms with Gasteiger partial charge in [-0.25, -0.2) is 0 Å². The molecule has 0 radical (unpaired) electrons. The van der Waals surface area contributed by atoms with E-state index in [0.717, 1.165) is 0 Å². The molecule has 11 nitrogen and oxygen atoms in total. The molecule has 1 aromatic carbocycles. The summed E-state index contributed by atoms with van der Waals surface area (Å²) >= 11 is 0. The van der Waals surface area contributed by atoms with E-state index in [4.69, 9.17) is 5.73 Å². The van der Waals surface area contributed by atoms with E-state index in [1.54, 1.807) is 0 Å². The monoisotopic (exact) mass is 551 g/mol. The number of aromatic hydroxyl groups is 1. The predicted octanol–water partition coefficient (Wildman–Crippen LogP) is -0.301. The lowest BCUT2D eigenvalue weighted by Gasteiger charge is -2.52. The van der Waals surface area contributed by atoms with Crippen molar-refractivity contribution in [3.63, 3.8) is 0 Å².